The van der Waals surface area contributed by atoms with Gasteiger partial charge in [-0.05, 0) is 24.6 Å². The van der Waals surface area contributed by atoms with Crippen LogP contribution in [0.15, 0.2) is 59.5 Å². The number of nitrogens with zero attached hydrogens (tertiary/aromatic N) is 2. The number of ether oxygens (including phenoxy) is 1. The number of amides is 1. The number of esters is 1. The van der Waals surface area contributed by atoms with Crippen molar-refractivity contribution in [1.82, 2.24) is 14.5 Å². The van der Waals surface area contributed by atoms with Gasteiger partial charge in [-0.15, -0.1) is 0 Å². The van der Waals surface area contributed by atoms with Crippen molar-refractivity contribution >= 4 is 27.7 Å². The summed E-state index contributed by atoms with van der Waals surface area (Å²) in [5, 5.41) is 0. The van der Waals surface area contributed by atoms with Gasteiger partial charge in [0.15, 0.2) is 12.4 Å². The zero-order chi connectivity index (χ0) is 23.8. The SMILES string of the molecule is CC(=O)c1ccc(S(=O)(=O)NCC(=O)OCC(=O)N2CCN(Cc3ccccc3)CC2)cc1. The van der Waals surface area contributed by atoms with Crippen LogP contribution in [0.25, 0.3) is 0 Å². The van der Waals surface area contributed by atoms with Crippen molar-refractivity contribution in [2.75, 3.05) is 39.3 Å². The second-order valence-electron chi connectivity index (χ2n) is 7.71. The van der Waals surface area contributed by atoms with Crippen molar-refractivity contribution in [2.24, 2.45) is 0 Å². The standard InChI is InChI=1S/C23H27N3O6S/c1-18(27)20-7-9-21(10-8-20)33(30,31)24-15-23(29)32-17-22(28)26-13-11-25(12-14-26)16-19-5-3-2-4-6-19/h2-10,24H,11-17H2,1H3. The van der Waals surface area contributed by atoms with Crippen LogP contribution in [0.3, 0.4) is 0 Å². The van der Waals surface area contributed by atoms with E-state index < -0.39 is 29.1 Å². The average Bonchev–Trinajstić information content (AvgIpc) is 2.82. The average molecular weight is 474 g/mol. The Balaban J connectivity index is 1.39. The minimum absolute atomic E-state index is 0.0789. The maximum atomic E-state index is 12.3. The number of piperazine rings is 1. The second-order valence-corrected chi connectivity index (χ2v) is 9.48. The van der Waals surface area contributed by atoms with Crippen molar-refractivity contribution in [3.63, 3.8) is 0 Å². The van der Waals surface area contributed by atoms with E-state index in [1.54, 1.807) is 4.90 Å². The van der Waals surface area contributed by atoms with Crippen LogP contribution >= 0.6 is 0 Å². The van der Waals surface area contributed by atoms with Gasteiger partial charge in [-0.3, -0.25) is 19.3 Å². The number of carbonyl (C=O) groups is 3. The largest absolute Gasteiger partial charge is 0.455 e. The first-order valence-electron chi connectivity index (χ1n) is 10.5. The van der Waals surface area contributed by atoms with E-state index in [4.69, 9.17) is 4.74 Å². The van der Waals surface area contributed by atoms with Gasteiger partial charge >= 0.3 is 5.97 Å². The van der Waals surface area contributed by atoms with Gasteiger partial charge in [0.2, 0.25) is 10.0 Å². The Morgan fingerprint density at radius 1 is 0.939 bits per heavy atom. The summed E-state index contributed by atoms with van der Waals surface area (Å²) in [6.45, 7) is 3.66. The Morgan fingerprint density at radius 3 is 2.18 bits per heavy atom. The van der Waals surface area contributed by atoms with Gasteiger partial charge in [-0.2, -0.15) is 4.72 Å². The lowest BCUT2D eigenvalue weighted by Crippen LogP contribution is -2.49. The molecule has 1 heterocycles. The summed E-state index contributed by atoms with van der Waals surface area (Å²) in [5.74, 6) is -1.35. The van der Waals surface area contributed by atoms with Gasteiger partial charge < -0.3 is 9.64 Å². The van der Waals surface area contributed by atoms with Crippen LogP contribution in [0.5, 0.6) is 0 Å². The van der Waals surface area contributed by atoms with Crippen molar-refractivity contribution in [1.29, 1.82) is 0 Å². The molecular weight excluding hydrogens is 446 g/mol. The summed E-state index contributed by atoms with van der Waals surface area (Å²) in [7, 11) is -3.95. The highest BCUT2D eigenvalue weighted by molar-refractivity contribution is 7.89. The van der Waals surface area contributed by atoms with Crippen molar-refractivity contribution in [3.8, 4) is 0 Å². The quantitative estimate of drug-likeness (QED) is 0.428. The topological polar surface area (TPSA) is 113 Å². The third-order valence-electron chi connectivity index (χ3n) is 5.31. The number of hydrogen-bond donors (Lipinski definition) is 1. The van der Waals surface area contributed by atoms with Gasteiger partial charge in [0.05, 0.1) is 4.90 Å². The van der Waals surface area contributed by atoms with Crippen molar-refractivity contribution in [3.05, 3.63) is 65.7 Å². The number of nitrogens with one attached hydrogen (secondary N) is 1. The number of sulfonamides is 1. The smallest absolute Gasteiger partial charge is 0.321 e. The predicted molar refractivity (Wildman–Crippen MR) is 121 cm³/mol. The molecule has 1 amide bonds. The van der Waals surface area contributed by atoms with Crippen LogP contribution in [0, 0.1) is 0 Å². The molecule has 0 aliphatic carbocycles. The summed E-state index contributed by atoms with van der Waals surface area (Å²) in [6.07, 6.45) is 0. The lowest BCUT2D eigenvalue weighted by atomic mass is 10.2. The highest BCUT2D eigenvalue weighted by atomic mass is 32.2. The monoisotopic (exact) mass is 473 g/mol. The molecule has 33 heavy (non-hydrogen) atoms. The number of hydrogen-bond acceptors (Lipinski definition) is 7. The van der Waals surface area contributed by atoms with Gasteiger partial charge in [0, 0.05) is 38.3 Å². The Labute approximate surface area is 193 Å². The number of rotatable bonds is 9. The highest BCUT2D eigenvalue weighted by Gasteiger charge is 2.23. The van der Waals surface area contributed by atoms with E-state index in [1.165, 1.54) is 36.8 Å². The van der Waals surface area contributed by atoms with E-state index in [0.717, 1.165) is 19.6 Å². The van der Waals surface area contributed by atoms with E-state index in [9.17, 15) is 22.8 Å². The fourth-order valence-corrected chi connectivity index (χ4v) is 4.36. The fraction of sp³-hybridized carbons (Fsp3) is 0.348. The van der Waals surface area contributed by atoms with Gasteiger partial charge in [-0.1, -0.05) is 42.5 Å². The third kappa shape index (κ3) is 7.21. The molecule has 0 bridgehead atoms. The summed E-state index contributed by atoms with van der Waals surface area (Å²) in [4.78, 5) is 39.4. The van der Waals surface area contributed by atoms with Gasteiger partial charge in [-0.25, -0.2) is 8.42 Å². The van der Waals surface area contributed by atoms with Crippen LogP contribution in [0.2, 0.25) is 0 Å². The first-order valence-corrected chi connectivity index (χ1v) is 12.0. The fourth-order valence-electron chi connectivity index (χ4n) is 3.39. The number of benzene rings is 2. The lowest BCUT2D eigenvalue weighted by Gasteiger charge is -2.34. The Hall–Kier alpha value is -3.08. The van der Waals surface area contributed by atoms with Crippen molar-refractivity contribution < 1.29 is 27.5 Å². The Bertz CT molecular complexity index is 1080. The van der Waals surface area contributed by atoms with Crippen LogP contribution in [-0.4, -0.2) is 75.2 Å². The predicted octanol–water partition coefficient (Wildman–Crippen LogP) is 1.06. The van der Waals surface area contributed by atoms with E-state index in [0.29, 0.717) is 18.7 Å². The molecule has 2 aromatic carbocycles. The molecule has 0 spiro atoms. The summed E-state index contributed by atoms with van der Waals surface area (Å²) in [5.41, 5.74) is 1.59. The number of Topliss-reactive ketones (excluding diaryl/α,β-unsaturated/α-hetero) is 1. The molecule has 0 atom stereocenters. The van der Waals surface area contributed by atoms with Crippen LogP contribution in [0.4, 0.5) is 0 Å². The molecule has 0 saturated carbocycles. The molecule has 3 rings (SSSR count). The van der Waals surface area contributed by atoms with E-state index in [1.807, 2.05) is 18.2 Å². The molecular formula is C23H27N3O6S. The third-order valence-corrected chi connectivity index (χ3v) is 6.73. The normalized spacial score (nSPS) is 14.6. The van der Waals surface area contributed by atoms with E-state index >= 15 is 0 Å². The molecule has 1 fully saturated rings. The van der Waals surface area contributed by atoms with Crippen molar-refractivity contribution in [2.45, 2.75) is 18.4 Å². The Morgan fingerprint density at radius 2 is 1.58 bits per heavy atom. The summed E-state index contributed by atoms with van der Waals surface area (Å²) >= 11 is 0. The molecule has 2 aromatic rings. The minimum Gasteiger partial charge on any atom is -0.455 e. The first-order chi connectivity index (χ1) is 15.7. The van der Waals surface area contributed by atoms with E-state index in [-0.39, 0.29) is 16.6 Å². The van der Waals surface area contributed by atoms with Gasteiger partial charge in [0.1, 0.15) is 6.54 Å². The number of ketones is 1. The minimum atomic E-state index is -3.95. The summed E-state index contributed by atoms with van der Waals surface area (Å²) in [6, 6.07) is 15.4. The number of carbonyl (C=O) groups excluding carboxylic acids is 3. The molecule has 10 heteroatoms. The molecule has 176 valence electrons. The van der Waals surface area contributed by atoms with E-state index in [2.05, 4.69) is 21.8 Å². The second kappa shape index (κ2) is 11.2. The molecule has 9 nitrogen and oxygen atoms in total. The molecule has 1 saturated heterocycles. The van der Waals surface area contributed by atoms with Crippen LogP contribution in [0.1, 0.15) is 22.8 Å². The molecule has 1 N–H and O–H groups in total. The Kier molecular flexibility index (Phi) is 8.32. The van der Waals surface area contributed by atoms with Crippen LogP contribution in [-0.2, 0) is 30.9 Å². The van der Waals surface area contributed by atoms with Gasteiger partial charge in [0.25, 0.3) is 5.91 Å². The molecule has 1 aliphatic rings. The molecule has 0 aromatic heterocycles. The zero-order valence-corrected chi connectivity index (χ0v) is 19.2. The summed E-state index contributed by atoms with van der Waals surface area (Å²) < 4.78 is 31.6. The molecule has 0 unspecified atom stereocenters. The van der Waals surface area contributed by atoms with Crippen LogP contribution < -0.4 is 4.72 Å². The molecule has 0 radical (unpaired) electrons. The molecule has 1 aliphatic heterocycles. The maximum absolute atomic E-state index is 12.3. The maximum Gasteiger partial charge on any atom is 0.321 e. The lowest BCUT2D eigenvalue weighted by molar-refractivity contribution is -0.151. The zero-order valence-electron chi connectivity index (χ0n) is 18.4. The first kappa shape index (κ1) is 24.6. The highest BCUT2D eigenvalue weighted by Crippen LogP contribution is 2.11.